The summed E-state index contributed by atoms with van der Waals surface area (Å²) in [6, 6.07) is 4.13. The Hall–Kier alpha value is -1.75. The Kier molecular flexibility index (Phi) is 4.78. The number of hydrogen-bond donors (Lipinski definition) is 2. The number of phenolic OH excluding ortho intramolecular Hbond substituents is 1. The summed E-state index contributed by atoms with van der Waals surface area (Å²) in [6.45, 7) is 1.48. The second-order valence-electron chi connectivity index (χ2n) is 3.28. The van der Waals surface area contributed by atoms with Crippen LogP contribution >= 0.6 is 11.8 Å². The van der Waals surface area contributed by atoms with Crippen molar-refractivity contribution in [3.63, 3.8) is 0 Å². The van der Waals surface area contributed by atoms with E-state index < -0.39 is 5.97 Å². The maximum atomic E-state index is 10.7. The van der Waals surface area contributed by atoms with Gasteiger partial charge >= 0.3 is 5.97 Å². The Morgan fingerprint density at radius 2 is 2.12 bits per heavy atom. The molecule has 0 aliphatic rings. The molecule has 0 heterocycles. The standard InChI is InChI=1S/C12H12O4S/c1-8(13)17-6-2-3-9-4-5-10(12(15)16)7-11(9)14/h2-5,7,14H,6H2,1H3,(H,15,16). The molecule has 0 saturated carbocycles. The minimum atomic E-state index is -1.08. The first-order valence-electron chi connectivity index (χ1n) is 4.87. The molecule has 0 radical (unpaired) electrons. The van der Waals surface area contributed by atoms with E-state index in [9.17, 15) is 14.7 Å². The van der Waals surface area contributed by atoms with E-state index in [-0.39, 0.29) is 16.4 Å². The molecule has 0 atom stereocenters. The molecule has 1 aromatic carbocycles. The average molecular weight is 252 g/mol. The van der Waals surface area contributed by atoms with Crippen LogP contribution < -0.4 is 0 Å². The molecule has 1 rings (SSSR count). The molecular formula is C12H12O4S. The van der Waals surface area contributed by atoms with E-state index in [1.54, 1.807) is 12.2 Å². The number of thioether (sulfide) groups is 1. The predicted octanol–water partition coefficient (Wildman–Crippen LogP) is 2.38. The first-order chi connectivity index (χ1) is 8.00. The van der Waals surface area contributed by atoms with Crippen molar-refractivity contribution in [3.05, 3.63) is 35.4 Å². The van der Waals surface area contributed by atoms with Crippen molar-refractivity contribution in [2.24, 2.45) is 0 Å². The van der Waals surface area contributed by atoms with Gasteiger partial charge in [0, 0.05) is 18.2 Å². The molecule has 0 unspecified atom stereocenters. The largest absolute Gasteiger partial charge is 0.507 e. The van der Waals surface area contributed by atoms with E-state index in [4.69, 9.17) is 5.11 Å². The zero-order valence-electron chi connectivity index (χ0n) is 9.21. The van der Waals surface area contributed by atoms with E-state index in [0.717, 1.165) is 11.8 Å². The second kappa shape index (κ2) is 6.10. The van der Waals surface area contributed by atoms with Crippen LogP contribution in [0.3, 0.4) is 0 Å². The van der Waals surface area contributed by atoms with Crippen molar-refractivity contribution in [1.29, 1.82) is 0 Å². The van der Waals surface area contributed by atoms with Crippen LogP contribution in [-0.2, 0) is 4.79 Å². The van der Waals surface area contributed by atoms with Gasteiger partial charge in [0.25, 0.3) is 0 Å². The zero-order valence-corrected chi connectivity index (χ0v) is 10.0. The van der Waals surface area contributed by atoms with Crippen molar-refractivity contribution in [3.8, 4) is 5.75 Å². The number of carboxylic acids is 1. The number of carbonyl (C=O) groups excluding carboxylic acids is 1. The number of aromatic carboxylic acids is 1. The van der Waals surface area contributed by atoms with Crippen molar-refractivity contribution >= 4 is 28.9 Å². The second-order valence-corrected chi connectivity index (χ2v) is 4.48. The highest BCUT2D eigenvalue weighted by Gasteiger charge is 2.05. The van der Waals surface area contributed by atoms with Crippen LogP contribution in [0.4, 0.5) is 0 Å². The van der Waals surface area contributed by atoms with Crippen LogP contribution in [0.5, 0.6) is 5.75 Å². The van der Waals surface area contributed by atoms with Crippen LogP contribution in [0.25, 0.3) is 6.08 Å². The summed E-state index contributed by atoms with van der Waals surface area (Å²) in [5.41, 5.74) is 0.567. The molecule has 0 spiro atoms. The third-order valence-electron chi connectivity index (χ3n) is 1.96. The van der Waals surface area contributed by atoms with Crippen LogP contribution in [0, 0.1) is 0 Å². The van der Waals surface area contributed by atoms with Crippen LogP contribution in [-0.4, -0.2) is 27.1 Å². The van der Waals surface area contributed by atoms with Gasteiger partial charge in [0.15, 0.2) is 5.12 Å². The molecular weight excluding hydrogens is 240 g/mol. The molecule has 0 fully saturated rings. The maximum Gasteiger partial charge on any atom is 0.335 e. The van der Waals surface area contributed by atoms with Crippen molar-refractivity contribution in [1.82, 2.24) is 0 Å². The summed E-state index contributed by atoms with van der Waals surface area (Å²) in [5.74, 6) is -0.646. The van der Waals surface area contributed by atoms with E-state index >= 15 is 0 Å². The van der Waals surface area contributed by atoms with E-state index in [1.165, 1.54) is 25.1 Å². The van der Waals surface area contributed by atoms with Crippen molar-refractivity contribution in [2.75, 3.05) is 5.75 Å². The lowest BCUT2D eigenvalue weighted by atomic mass is 10.1. The Morgan fingerprint density at radius 1 is 1.41 bits per heavy atom. The molecule has 0 aliphatic carbocycles. The summed E-state index contributed by atoms with van der Waals surface area (Å²) in [4.78, 5) is 21.3. The molecule has 0 bridgehead atoms. The Balaban J connectivity index is 2.72. The van der Waals surface area contributed by atoms with Gasteiger partial charge in [0.2, 0.25) is 0 Å². The highest BCUT2D eigenvalue weighted by atomic mass is 32.2. The molecule has 0 aromatic heterocycles. The lowest BCUT2D eigenvalue weighted by Gasteiger charge is -2.00. The quantitative estimate of drug-likeness (QED) is 0.860. The van der Waals surface area contributed by atoms with Crippen molar-refractivity contribution in [2.45, 2.75) is 6.92 Å². The van der Waals surface area contributed by atoms with E-state index in [0.29, 0.717) is 11.3 Å². The van der Waals surface area contributed by atoms with Gasteiger partial charge in [-0.15, -0.1) is 0 Å². The van der Waals surface area contributed by atoms with Gasteiger partial charge in [-0.3, -0.25) is 4.79 Å². The van der Waals surface area contributed by atoms with Crippen LogP contribution in [0.15, 0.2) is 24.3 Å². The number of benzene rings is 1. The molecule has 0 aliphatic heterocycles. The third-order valence-corrected chi connectivity index (χ3v) is 2.72. The fourth-order valence-corrected chi connectivity index (χ4v) is 1.59. The van der Waals surface area contributed by atoms with Gasteiger partial charge in [0.05, 0.1) is 5.56 Å². The fourth-order valence-electron chi connectivity index (χ4n) is 1.16. The molecule has 2 N–H and O–H groups in total. The zero-order chi connectivity index (χ0) is 12.8. The molecule has 90 valence electrons. The van der Waals surface area contributed by atoms with E-state index in [2.05, 4.69) is 0 Å². The average Bonchev–Trinajstić information content (AvgIpc) is 2.25. The minimum absolute atomic E-state index is 0.0279. The van der Waals surface area contributed by atoms with Crippen molar-refractivity contribution < 1.29 is 19.8 Å². The van der Waals surface area contributed by atoms with Gasteiger partial charge in [-0.1, -0.05) is 30.0 Å². The number of rotatable bonds is 4. The SMILES string of the molecule is CC(=O)SCC=Cc1ccc(C(=O)O)cc1O. The number of carboxylic acid groups (broad SMARTS) is 1. The van der Waals surface area contributed by atoms with E-state index in [1.807, 2.05) is 0 Å². The van der Waals surface area contributed by atoms with Crippen LogP contribution in [0.2, 0.25) is 0 Å². The number of aromatic hydroxyl groups is 1. The predicted molar refractivity (Wildman–Crippen MR) is 67.2 cm³/mol. The third kappa shape index (κ3) is 4.32. The fraction of sp³-hybridized carbons (Fsp3) is 0.167. The Labute approximate surface area is 103 Å². The summed E-state index contributed by atoms with van der Waals surface area (Å²) in [7, 11) is 0. The maximum absolute atomic E-state index is 10.7. The molecule has 0 saturated heterocycles. The lowest BCUT2D eigenvalue weighted by molar-refractivity contribution is -0.109. The first kappa shape index (κ1) is 13.3. The number of hydrogen-bond acceptors (Lipinski definition) is 4. The molecule has 1 aromatic rings. The molecule has 0 amide bonds. The molecule has 4 nitrogen and oxygen atoms in total. The van der Waals surface area contributed by atoms with Gasteiger partial charge in [-0.2, -0.15) is 0 Å². The first-order valence-corrected chi connectivity index (χ1v) is 5.85. The Bertz CT molecular complexity index is 466. The number of carbonyl (C=O) groups is 2. The smallest absolute Gasteiger partial charge is 0.335 e. The summed E-state index contributed by atoms with van der Waals surface area (Å²) >= 11 is 1.16. The van der Waals surface area contributed by atoms with Gasteiger partial charge in [-0.25, -0.2) is 4.79 Å². The van der Waals surface area contributed by atoms with Gasteiger partial charge < -0.3 is 10.2 Å². The Morgan fingerprint density at radius 3 is 2.65 bits per heavy atom. The molecule has 5 heteroatoms. The van der Waals surface area contributed by atoms with Crippen LogP contribution in [0.1, 0.15) is 22.8 Å². The monoisotopic (exact) mass is 252 g/mol. The molecule has 17 heavy (non-hydrogen) atoms. The summed E-state index contributed by atoms with van der Waals surface area (Å²) < 4.78 is 0. The van der Waals surface area contributed by atoms with Gasteiger partial charge in [0.1, 0.15) is 5.75 Å². The summed E-state index contributed by atoms with van der Waals surface area (Å²) in [6.07, 6.45) is 3.39. The van der Waals surface area contributed by atoms with Gasteiger partial charge in [-0.05, 0) is 12.1 Å². The topological polar surface area (TPSA) is 74.6 Å². The summed E-state index contributed by atoms with van der Waals surface area (Å²) in [5, 5.41) is 18.3. The highest BCUT2D eigenvalue weighted by Crippen LogP contribution is 2.20. The highest BCUT2D eigenvalue weighted by molar-refractivity contribution is 8.13. The minimum Gasteiger partial charge on any atom is -0.507 e. The lowest BCUT2D eigenvalue weighted by Crippen LogP contribution is -1.95. The normalized spacial score (nSPS) is 10.6. The number of phenols is 1.